The Morgan fingerprint density at radius 2 is 2.05 bits per heavy atom. The lowest BCUT2D eigenvalue weighted by atomic mass is 10.2. The molecule has 0 aliphatic rings. The van der Waals surface area contributed by atoms with Gasteiger partial charge in [0.2, 0.25) is 5.89 Å². The molecule has 0 spiro atoms. The highest BCUT2D eigenvalue weighted by Gasteiger charge is 2.10. The normalized spacial score (nSPS) is 11.2. The number of aromatic nitrogens is 2. The minimum atomic E-state index is -0.549. The summed E-state index contributed by atoms with van der Waals surface area (Å²) < 4.78 is 24.3. The van der Waals surface area contributed by atoms with Crippen LogP contribution >= 0.6 is 0 Å². The lowest BCUT2D eigenvalue weighted by Crippen LogP contribution is -2.20. The van der Waals surface area contributed by atoms with E-state index in [0.29, 0.717) is 18.7 Å². The van der Waals surface area contributed by atoms with Gasteiger partial charge in [-0.25, -0.2) is 9.18 Å². The molecule has 0 radical (unpaired) electrons. The fourth-order valence-corrected chi connectivity index (χ4v) is 1.53. The second-order valence-electron chi connectivity index (χ2n) is 4.32. The lowest BCUT2D eigenvalue weighted by molar-refractivity contribution is 0.0699. The Kier molecular flexibility index (Phi) is 4.11. The third-order valence-corrected chi connectivity index (χ3v) is 2.45. The van der Waals surface area contributed by atoms with E-state index in [0.717, 1.165) is 0 Å². The topological polar surface area (TPSA) is 57.3 Å². The Morgan fingerprint density at radius 3 is 2.68 bits per heavy atom. The zero-order valence-electron chi connectivity index (χ0n) is 10.8. The molecule has 0 atom stereocenters. The summed E-state index contributed by atoms with van der Waals surface area (Å²) in [6.45, 7) is 4.53. The van der Waals surface area contributed by atoms with Gasteiger partial charge in [0.1, 0.15) is 5.82 Å². The first-order chi connectivity index (χ1) is 9.06. The fourth-order valence-electron chi connectivity index (χ4n) is 1.53. The molecular weight excluding hydrogens is 251 g/mol. The summed E-state index contributed by atoms with van der Waals surface area (Å²) in [6, 6.07) is 5.59. The first-order valence-electron chi connectivity index (χ1n) is 6.02. The molecule has 0 N–H and O–H groups in total. The van der Waals surface area contributed by atoms with Crippen molar-refractivity contribution < 1.29 is 13.5 Å². The van der Waals surface area contributed by atoms with Gasteiger partial charge in [-0.1, -0.05) is 0 Å². The van der Waals surface area contributed by atoms with Crippen molar-refractivity contribution in [1.29, 1.82) is 0 Å². The third-order valence-electron chi connectivity index (χ3n) is 2.45. The van der Waals surface area contributed by atoms with Crippen molar-refractivity contribution in [3.8, 4) is 11.5 Å². The summed E-state index contributed by atoms with van der Waals surface area (Å²) in [5, 5.41) is 4.04. The van der Waals surface area contributed by atoms with Crippen LogP contribution in [0.3, 0.4) is 0 Å². The molecule has 0 saturated heterocycles. The van der Waals surface area contributed by atoms with Crippen molar-refractivity contribution >= 4 is 0 Å². The molecule has 5 nitrogen and oxygen atoms in total. The molecule has 2 aromatic rings. The largest absolute Gasteiger partial charge is 0.437 e. The average Bonchev–Trinajstić information content (AvgIpc) is 2.71. The summed E-state index contributed by atoms with van der Waals surface area (Å²) in [5.41, 5.74) is 0.557. The van der Waals surface area contributed by atoms with Crippen molar-refractivity contribution in [2.24, 2.45) is 0 Å². The molecule has 0 aliphatic heterocycles. The van der Waals surface area contributed by atoms with Gasteiger partial charge in [-0.05, 0) is 38.1 Å². The lowest BCUT2D eigenvalue weighted by Gasteiger charge is -2.05. The highest BCUT2D eigenvalue weighted by molar-refractivity contribution is 5.51. The van der Waals surface area contributed by atoms with Crippen LogP contribution in [0.25, 0.3) is 11.5 Å². The minimum Gasteiger partial charge on any atom is -0.388 e. The number of ether oxygens (including phenoxy) is 1. The predicted octanol–water partition coefficient (Wildman–Crippen LogP) is 2.07. The van der Waals surface area contributed by atoms with Gasteiger partial charge in [0.25, 0.3) is 0 Å². The van der Waals surface area contributed by atoms with Gasteiger partial charge >= 0.3 is 5.76 Å². The SMILES string of the molecule is CC(C)OCCn1nc(-c2ccc(F)cc2)oc1=O. The van der Waals surface area contributed by atoms with Crippen molar-refractivity contribution in [2.75, 3.05) is 6.61 Å². The molecule has 0 aliphatic carbocycles. The smallest absolute Gasteiger partial charge is 0.388 e. The van der Waals surface area contributed by atoms with Crippen LogP contribution in [0.15, 0.2) is 33.5 Å². The van der Waals surface area contributed by atoms with E-state index in [4.69, 9.17) is 9.15 Å². The van der Waals surface area contributed by atoms with Crippen molar-refractivity contribution in [1.82, 2.24) is 9.78 Å². The molecular formula is C13H15FN2O3. The Bertz CT molecular complexity index is 587. The molecule has 1 aromatic heterocycles. The van der Waals surface area contributed by atoms with Gasteiger partial charge < -0.3 is 9.15 Å². The van der Waals surface area contributed by atoms with E-state index in [1.165, 1.54) is 28.9 Å². The fraction of sp³-hybridized carbons (Fsp3) is 0.385. The number of hydrogen-bond donors (Lipinski definition) is 0. The van der Waals surface area contributed by atoms with Crippen LogP contribution in [0.2, 0.25) is 0 Å². The van der Waals surface area contributed by atoms with Crippen molar-refractivity contribution in [2.45, 2.75) is 26.5 Å². The van der Waals surface area contributed by atoms with Gasteiger partial charge in [0.15, 0.2) is 0 Å². The summed E-state index contributed by atoms with van der Waals surface area (Å²) in [4.78, 5) is 11.6. The van der Waals surface area contributed by atoms with E-state index in [1.807, 2.05) is 13.8 Å². The van der Waals surface area contributed by atoms with Gasteiger partial charge in [-0.2, -0.15) is 4.68 Å². The van der Waals surface area contributed by atoms with Crippen LogP contribution in [0, 0.1) is 5.82 Å². The molecule has 2 rings (SSSR count). The molecule has 0 fully saturated rings. The van der Waals surface area contributed by atoms with Crippen LogP contribution in [-0.2, 0) is 11.3 Å². The number of nitrogens with zero attached hydrogens (tertiary/aromatic N) is 2. The van der Waals surface area contributed by atoms with E-state index in [9.17, 15) is 9.18 Å². The molecule has 0 unspecified atom stereocenters. The Morgan fingerprint density at radius 1 is 1.37 bits per heavy atom. The number of benzene rings is 1. The van der Waals surface area contributed by atoms with Crippen molar-refractivity contribution in [3.63, 3.8) is 0 Å². The number of halogens is 1. The van der Waals surface area contributed by atoms with Crippen LogP contribution in [0.4, 0.5) is 4.39 Å². The van der Waals surface area contributed by atoms with Gasteiger partial charge in [0.05, 0.1) is 19.3 Å². The molecule has 19 heavy (non-hydrogen) atoms. The minimum absolute atomic E-state index is 0.0965. The predicted molar refractivity (Wildman–Crippen MR) is 67.2 cm³/mol. The second kappa shape index (κ2) is 5.79. The summed E-state index contributed by atoms with van der Waals surface area (Å²) >= 11 is 0. The van der Waals surface area contributed by atoms with E-state index >= 15 is 0 Å². The summed E-state index contributed by atoms with van der Waals surface area (Å²) in [6.07, 6.45) is 0.0965. The Labute approximate surface area is 109 Å². The molecule has 0 saturated carbocycles. The second-order valence-corrected chi connectivity index (χ2v) is 4.32. The van der Waals surface area contributed by atoms with Gasteiger partial charge in [-0.3, -0.25) is 0 Å². The van der Waals surface area contributed by atoms with E-state index in [2.05, 4.69) is 5.10 Å². The van der Waals surface area contributed by atoms with E-state index < -0.39 is 5.76 Å². The molecule has 0 amide bonds. The zero-order chi connectivity index (χ0) is 13.8. The standard InChI is InChI=1S/C13H15FN2O3/c1-9(2)18-8-7-16-13(17)19-12(15-16)10-3-5-11(14)6-4-10/h3-6,9H,7-8H2,1-2H3. The maximum absolute atomic E-state index is 12.8. The average molecular weight is 266 g/mol. The molecule has 1 aromatic carbocycles. The van der Waals surface area contributed by atoms with Crippen LogP contribution in [0.1, 0.15) is 13.8 Å². The number of rotatable bonds is 5. The number of hydrogen-bond acceptors (Lipinski definition) is 4. The highest BCUT2D eigenvalue weighted by atomic mass is 19.1. The van der Waals surface area contributed by atoms with Gasteiger partial charge in [0, 0.05) is 5.56 Å². The first kappa shape index (κ1) is 13.5. The molecule has 6 heteroatoms. The summed E-state index contributed by atoms with van der Waals surface area (Å²) in [5.74, 6) is -0.725. The monoisotopic (exact) mass is 266 g/mol. The van der Waals surface area contributed by atoms with E-state index in [-0.39, 0.29) is 17.8 Å². The van der Waals surface area contributed by atoms with Crippen LogP contribution in [0.5, 0.6) is 0 Å². The summed E-state index contributed by atoms with van der Waals surface area (Å²) in [7, 11) is 0. The van der Waals surface area contributed by atoms with Crippen LogP contribution in [-0.4, -0.2) is 22.5 Å². The molecule has 1 heterocycles. The zero-order valence-corrected chi connectivity index (χ0v) is 10.8. The Hall–Kier alpha value is -1.95. The first-order valence-corrected chi connectivity index (χ1v) is 6.02. The third kappa shape index (κ3) is 3.51. The molecule has 102 valence electrons. The van der Waals surface area contributed by atoms with Crippen LogP contribution < -0.4 is 5.76 Å². The molecule has 0 bridgehead atoms. The van der Waals surface area contributed by atoms with Gasteiger partial charge in [-0.15, -0.1) is 5.10 Å². The van der Waals surface area contributed by atoms with Crippen molar-refractivity contribution in [3.05, 3.63) is 40.6 Å². The Balaban J connectivity index is 2.12. The van der Waals surface area contributed by atoms with E-state index in [1.54, 1.807) is 0 Å². The maximum Gasteiger partial charge on any atom is 0.437 e. The highest BCUT2D eigenvalue weighted by Crippen LogP contribution is 2.15. The maximum atomic E-state index is 12.8. The quantitative estimate of drug-likeness (QED) is 0.831.